The predicted molar refractivity (Wildman–Crippen MR) is 128 cm³/mol. The van der Waals surface area contributed by atoms with Crippen molar-refractivity contribution in [3.05, 3.63) is 84.4 Å². The first-order valence-corrected chi connectivity index (χ1v) is 12.9. The number of anilines is 2. The molecule has 12 heteroatoms. The fraction of sp³-hybridized carbons (Fsp3) is 0.280. The van der Waals surface area contributed by atoms with Gasteiger partial charge in [0.2, 0.25) is 0 Å². The van der Waals surface area contributed by atoms with Crippen LogP contribution in [0.2, 0.25) is 0 Å². The number of ether oxygens (including phenoxy) is 1. The molecule has 0 spiro atoms. The smallest absolute Gasteiger partial charge is 0.406 e. The molecule has 1 aliphatic carbocycles. The Morgan fingerprint density at radius 2 is 1.41 bits per heavy atom. The first-order chi connectivity index (χ1) is 17.4. The lowest BCUT2D eigenvalue weighted by Gasteiger charge is -2.43. The fourth-order valence-electron chi connectivity index (χ4n) is 4.42. The Hall–Kier alpha value is -3.22. The molecule has 37 heavy (non-hydrogen) atoms. The Labute approximate surface area is 210 Å². The molecule has 198 valence electrons. The quantitative estimate of drug-likeness (QED) is 0.326. The summed E-state index contributed by atoms with van der Waals surface area (Å²) in [5.41, 5.74) is 1.09. The number of benzene rings is 3. The zero-order chi connectivity index (χ0) is 26.8. The molecule has 0 aliphatic heterocycles. The van der Waals surface area contributed by atoms with Crippen LogP contribution in [0.4, 0.5) is 33.3 Å². The number of rotatable bonds is 7. The Morgan fingerprint density at radius 3 is 1.89 bits per heavy atom. The predicted octanol–water partition coefficient (Wildman–Crippen LogP) is 5.89. The Bertz CT molecular complexity index is 1260. The third-order valence-corrected chi connectivity index (χ3v) is 7.64. The van der Waals surface area contributed by atoms with Gasteiger partial charge >= 0.3 is 6.36 Å². The molecule has 0 radical (unpaired) electrons. The van der Waals surface area contributed by atoms with E-state index in [1.54, 1.807) is 4.90 Å². The highest BCUT2D eigenvalue weighted by atomic mass is 32.2. The molecule has 1 fully saturated rings. The summed E-state index contributed by atoms with van der Waals surface area (Å²) < 4.78 is 92.4. The van der Waals surface area contributed by atoms with Gasteiger partial charge in [-0.3, -0.25) is 0 Å². The standard InChI is InChI=1S/C25H24F5N3O3S/c26-16-4-8-18(9-5-16)33(19-10-6-17(27)7-11-19)23-3-1-2-22(24(23)34)32-37(31,35)21-14-12-20(13-15-21)36-25(28,29)30/h4-15,22-24,34H,1-3H2,(H2,31,32,35). The van der Waals surface area contributed by atoms with Crippen LogP contribution in [-0.2, 0) is 9.92 Å². The van der Waals surface area contributed by atoms with Crippen molar-refractivity contribution >= 4 is 21.3 Å². The van der Waals surface area contributed by atoms with Crippen molar-refractivity contribution in [2.24, 2.45) is 0 Å². The largest absolute Gasteiger partial charge is 0.573 e. The summed E-state index contributed by atoms with van der Waals surface area (Å²) in [7, 11) is -3.71. The van der Waals surface area contributed by atoms with Gasteiger partial charge in [-0.2, -0.15) is 0 Å². The van der Waals surface area contributed by atoms with Crippen molar-refractivity contribution < 1.29 is 36.0 Å². The van der Waals surface area contributed by atoms with Crippen LogP contribution in [-0.4, -0.2) is 33.9 Å². The Kier molecular flexibility index (Phi) is 7.72. The fourth-order valence-corrected chi connectivity index (χ4v) is 5.76. The molecule has 3 aromatic carbocycles. The SMILES string of the molecule is N=S(=O)(NC1CCCC(N(c2ccc(F)cc2)c2ccc(F)cc2)C1O)c1ccc(OC(F)(F)F)cc1. The van der Waals surface area contributed by atoms with Gasteiger partial charge in [0.1, 0.15) is 27.3 Å². The summed E-state index contributed by atoms with van der Waals surface area (Å²) in [6, 6.07) is 13.9. The lowest BCUT2D eigenvalue weighted by molar-refractivity contribution is -0.274. The van der Waals surface area contributed by atoms with Crippen LogP contribution < -0.4 is 14.4 Å². The third-order valence-electron chi connectivity index (χ3n) is 6.07. The molecule has 4 unspecified atom stereocenters. The van der Waals surface area contributed by atoms with E-state index < -0.39 is 51.8 Å². The maximum Gasteiger partial charge on any atom is 0.573 e. The first kappa shape index (κ1) is 26.8. The van der Waals surface area contributed by atoms with Crippen molar-refractivity contribution in [2.75, 3.05) is 4.90 Å². The van der Waals surface area contributed by atoms with E-state index in [0.717, 1.165) is 24.3 Å². The number of aliphatic hydroxyl groups excluding tert-OH is 1. The highest BCUT2D eigenvalue weighted by molar-refractivity contribution is 7.90. The number of nitrogens with zero attached hydrogens (tertiary/aromatic N) is 1. The van der Waals surface area contributed by atoms with Crippen LogP contribution in [0.25, 0.3) is 0 Å². The number of nitrogens with one attached hydrogen (secondary N) is 2. The lowest BCUT2D eigenvalue weighted by Crippen LogP contribution is -2.55. The minimum Gasteiger partial charge on any atom is -0.406 e. The second-order valence-corrected chi connectivity index (χ2v) is 10.4. The van der Waals surface area contributed by atoms with Crippen LogP contribution in [0.15, 0.2) is 77.7 Å². The van der Waals surface area contributed by atoms with Gasteiger partial charge in [-0.1, -0.05) is 0 Å². The van der Waals surface area contributed by atoms with Gasteiger partial charge in [-0.05, 0) is 92.1 Å². The molecule has 1 aliphatic rings. The van der Waals surface area contributed by atoms with E-state index in [1.807, 2.05) is 0 Å². The minimum atomic E-state index is -4.88. The molecule has 1 saturated carbocycles. The average Bonchev–Trinajstić information content (AvgIpc) is 2.83. The van der Waals surface area contributed by atoms with E-state index in [-0.39, 0.29) is 4.90 Å². The van der Waals surface area contributed by atoms with Crippen LogP contribution in [0, 0.1) is 16.4 Å². The molecule has 0 heterocycles. The molecule has 0 aromatic heterocycles. The normalized spacial score (nSPS) is 21.7. The maximum atomic E-state index is 13.6. The van der Waals surface area contributed by atoms with Crippen molar-refractivity contribution in [3.63, 3.8) is 0 Å². The third kappa shape index (κ3) is 6.56. The monoisotopic (exact) mass is 541 g/mol. The molecule has 3 N–H and O–H groups in total. The van der Waals surface area contributed by atoms with E-state index in [0.29, 0.717) is 30.6 Å². The summed E-state index contributed by atoms with van der Waals surface area (Å²) in [5.74, 6) is -1.42. The number of aliphatic hydroxyl groups is 1. The van der Waals surface area contributed by atoms with Gasteiger partial charge in [0.05, 0.1) is 17.0 Å². The van der Waals surface area contributed by atoms with Crippen LogP contribution in [0.3, 0.4) is 0 Å². The molecule has 0 bridgehead atoms. The van der Waals surface area contributed by atoms with Crippen LogP contribution in [0.5, 0.6) is 5.75 Å². The van der Waals surface area contributed by atoms with Crippen LogP contribution >= 0.6 is 0 Å². The van der Waals surface area contributed by atoms with Gasteiger partial charge in [-0.25, -0.2) is 22.5 Å². The zero-order valence-electron chi connectivity index (χ0n) is 19.3. The maximum absolute atomic E-state index is 13.6. The topological polar surface area (TPSA) is 85.7 Å². The zero-order valence-corrected chi connectivity index (χ0v) is 20.1. The number of halogens is 5. The van der Waals surface area contributed by atoms with E-state index in [4.69, 9.17) is 4.78 Å². The molecular weight excluding hydrogens is 517 g/mol. The minimum absolute atomic E-state index is 0.0785. The van der Waals surface area contributed by atoms with E-state index in [1.165, 1.54) is 48.5 Å². The van der Waals surface area contributed by atoms with Gasteiger partial charge in [-0.15, -0.1) is 13.2 Å². The molecular formula is C25H24F5N3O3S. The van der Waals surface area contributed by atoms with E-state index in [2.05, 4.69) is 9.46 Å². The Balaban J connectivity index is 1.58. The summed E-state index contributed by atoms with van der Waals surface area (Å²) in [4.78, 5) is 1.66. The number of alkyl halides is 3. The van der Waals surface area contributed by atoms with Gasteiger partial charge in [0, 0.05) is 17.4 Å². The second kappa shape index (κ2) is 10.6. The molecule has 4 rings (SSSR count). The highest BCUT2D eigenvalue weighted by Gasteiger charge is 2.38. The van der Waals surface area contributed by atoms with Crippen molar-refractivity contribution in [3.8, 4) is 5.75 Å². The van der Waals surface area contributed by atoms with Crippen molar-refractivity contribution in [2.45, 2.75) is 48.7 Å². The number of hydrogen-bond donors (Lipinski definition) is 3. The van der Waals surface area contributed by atoms with E-state index in [9.17, 15) is 31.3 Å². The summed E-state index contributed by atoms with van der Waals surface area (Å²) in [5, 5.41) is 11.3. The molecule has 0 saturated heterocycles. The average molecular weight is 542 g/mol. The number of hydrogen-bond acceptors (Lipinski definition) is 5. The Morgan fingerprint density at radius 1 is 0.892 bits per heavy atom. The van der Waals surface area contributed by atoms with Crippen molar-refractivity contribution in [1.29, 1.82) is 4.78 Å². The van der Waals surface area contributed by atoms with Crippen LogP contribution in [0.1, 0.15) is 19.3 Å². The van der Waals surface area contributed by atoms with Gasteiger partial charge < -0.3 is 14.7 Å². The molecule has 0 amide bonds. The van der Waals surface area contributed by atoms with Gasteiger partial charge in [0.15, 0.2) is 0 Å². The summed E-state index contributed by atoms with van der Waals surface area (Å²) >= 11 is 0. The first-order valence-electron chi connectivity index (χ1n) is 11.3. The molecule has 6 nitrogen and oxygen atoms in total. The van der Waals surface area contributed by atoms with Gasteiger partial charge in [0.25, 0.3) is 0 Å². The lowest BCUT2D eigenvalue weighted by atomic mass is 9.87. The highest BCUT2D eigenvalue weighted by Crippen LogP contribution is 2.35. The molecule has 4 atom stereocenters. The second-order valence-electron chi connectivity index (χ2n) is 8.61. The molecule has 3 aromatic rings. The summed E-state index contributed by atoms with van der Waals surface area (Å²) in [6.07, 6.45) is -4.58. The van der Waals surface area contributed by atoms with Crippen molar-refractivity contribution in [1.82, 2.24) is 4.72 Å². The van der Waals surface area contributed by atoms with E-state index >= 15 is 0 Å². The summed E-state index contributed by atoms with van der Waals surface area (Å²) in [6.45, 7) is 0.